The van der Waals surface area contributed by atoms with Crippen LogP contribution in [0, 0.1) is 17.6 Å². The molecule has 63 heavy (non-hydrogen) atoms. The number of hydrogen-bond acceptors (Lipinski definition) is 10. The first-order chi connectivity index (χ1) is 29.5. The maximum absolute atomic E-state index is 15.5. The molecule has 0 aliphatic heterocycles. The highest BCUT2D eigenvalue weighted by Crippen LogP contribution is 2.68. The van der Waals surface area contributed by atoms with Gasteiger partial charge in [0, 0.05) is 42.3 Å². The fourth-order valence-electron chi connectivity index (χ4n) is 7.77. The molecule has 1 amide bonds. The Morgan fingerprint density at radius 3 is 2.41 bits per heavy atom. The van der Waals surface area contributed by atoms with E-state index >= 15 is 8.78 Å². The van der Waals surface area contributed by atoms with Gasteiger partial charge >= 0.3 is 6.18 Å². The number of anilines is 1. The highest BCUT2D eigenvalue weighted by Gasteiger charge is 2.67. The van der Waals surface area contributed by atoms with E-state index < -0.39 is 129 Å². The van der Waals surface area contributed by atoms with E-state index in [9.17, 15) is 48.7 Å². The first-order valence-corrected chi connectivity index (χ1v) is 20.6. The van der Waals surface area contributed by atoms with E-state index in [1.54, 1.807) is 0 Å². The second kappa shape index (κ2) is 15.5. The standard InChI is InChI=1S/C37H28ClF9N10O5S/c1-62-25-5-6-48-33(51-25)21-12-26(59)57(23-4-3-20(38)28-30(23)56(14-36(43,44)45)53-34(28)54-63(2,60)61)35(50-21)22(9-15-7-16(39)10-17(40)8-15)49-24(58)13-55-31-27(29(52-55)32(41)42)18-11-19(18)37(31,46)47/h3-8,10,12,18-19,22,32H,9,11,13-14H2,1-2H3,(H,49,58)(H,53,54)/t18-,19+,22-/m0/s1. The van der Waals surface area contributed by atoms with E-state index in [4.69, 9.17) is 16.3 Å². The first-order valence-electron chi connectivity index (χ1n) is 18.3. The smallest absolute Gasteiger partial charge is 0.408 e. The Morgan fingerprint density at radius 2 is 1.76 bits per heavy atom. The van der Waals surface area contributed by atoms with Crippen molar-refractivity contribution in [2.45, 2.75) is 56.4 Å². The Bertz CT molecular complexity index is 2990. The van der Waals surface area contributed by atoms with Crippen molar-refractivity contribution in [3.8, 4) is 23.1 Å². The van der Waals surface area contributed by atoms with Crippen LogP contribution in [-0.4, -0.2) is 72.9 Å². The van der Waals surface area contributed by atoms with Gasteiger partial charge in [0.15, 0.2) is 11.6 Å². The van der Waals surface area contributed by atoms with E-state index in [0.29, 0.717) is 26.3 Å². The molecule has 15 nitrogen and oxygen atoms in total. The van der Waals surface area contributed by atoms with Crippen LogP contribution < -0.4 is 20.3 Å². The summed E-state index contributed by atoms with van der Waals surface area (Å²) in [5.74, 6) is -10.9. The summed E-state index contributed by atoms with van der Waals surface area (Å²) >= 11 is 6.45. The lowest BCUT2D eigenvalue weighted by atomic mass is 10.0. The third-order valence-corrected chi connectivity index (χ3v) is 11.0. The third-order valence-electron chi connectivity index (χ3n) is 10.2. The minimum atomic E-state index is -5.02. The monoisotopic (exact) mass is 930 g/mol. The van der Waals surface area contributed by atoms with Gasteiger partial charge in [-0.1, -0.05) is 11.6 Å². The lowest BCUT2D eigenvalue weighted by Gasteiger charge is -2.24. The van der Waals surface area contributed by atoms with Crippen LogP contribution in [0.15, 0.2) is 53.5 Å². The number of carbonyl (C=O) groups is 1. The van der Waals surface area contributed by atoms with Gasteiger partial charge in [0.2, 0.25) is 21.8 Å². The van der Waals surface area contributed by atoms with Crippen molar-refractivity contribution in [3.05, 3.63) is 104 Å². The maximum Gasteiger partial charge on any atom is 0.408 e. The van der Waals surface area contributed by atoms with Crippen molar-refractivity contribution in [2.75, 3.05) is 18.1 Å². The lowest BCUT2D eigenvalue weighted by Crippen LogP contribution is -2.38. The number of nitrogens with one attached hydrogen (secondary N) is 2. The predicted octanol–water partition coefficient (Wildman–Crippen LogP) is 6.36. The maximum atomic E-state index is 15.5. The number of carbonyl (C=O) groups excluding carboxylic acids is 1. The van der Waals surface area contributed by atoms with E-state index in [1.165, 1.54) is 19.4 Å². The van der Waals surface area contributed by atoms with Crippen LogP contribution in [0.25, 0.3) is 28.1 Å². The summed E-state index contributed by atoms with van der Waals surface area (Å²) < 4.78 is 164. The normalized spacial score (nSPS) is 17.2. The second-order valence-electron chi connectivity index (χ2n) is 14.7. The van der Waals surface area contributed by atoms with Crippen LogP contribution in [0.2, 0.25) is 5.02 Å². The van der Waals surface area contributed by atoms with E-state index in [-0.39, 0.29) is 40.0 Å². The molecule has 4 aromatic heterocycles. The molecule has 2 aliphatic carbocycles. The molecule has 2 aromatic carbocycles. The Balaban J connectivity index is 1.36. The molecule has 0 radical (unpaired) electrons. The van der Waals surface area contributed by atoms with Gasteiger partial charge in [-0.05, 0) is 42.2 Å². The molecule has 1 saturated carbocycles. The summed E-state index contributed by atoms with van der Waals surface area (Å²) in [7, 11) is -2.98. The number of methoxy groups -OCH3 is 1. The van der Waals surface area contributed by atoms with Crippen LogP contribution in [0.3, 0.4) is 0 Å². The van der Waals surface area contributed by atoms with Gasteiger partial charge in [-0.2, -0.15) is 37.1 Å². The minimum Gasteiger partial charge on any atom is -0.481 e. The Hall–Kier alpha value is -6.24. The number of aromatic nitrogens is 8. The number of sulfonamides is 1. The Labute approximate surface area is 352 Å². The molecular weight excluding hydrogens is 903 g/mol. The molecule has 3 atom stereocenters. The minimum absolute atomic E-state index is 0.0293. The number of ether oxygens (including phenoxy) is 1. The topological polar surface area (TPSA) is 181 Å². The van der Waals surface area contributed by atoms with Gasteiger partial charge in [-0.25, -0.2) is 35.9 Å². The Morgan fingerprint density at radius 1 is 1.05 bits per heavy atom. The molecule has 0 spiro atoms. The molecule has 4 heterocycles. The summed E-state index contributed by atoms with van der Waals surface area (Å²) in [6.07, 6.45) is -7.17. The van der Waals surface area contributed by atoms with Crippen molar-refractivity contribution in [3.63, 3.8) is 0 Å². The molecule has 2 aliphatic rings. The molecule has 0 saturated heterocycles. The van der Waals surface area contributed by atoms with E-state index in [0.717, 1.165) is 30.3 Å². The fraction of sp³-hybridized carbons (Fsp3) is 0.324. The van der Waals surface area contributed by atoms with Gasteiger partial charge in [0.05, 0.1) is 41.0 Å². The zero-order chi connectivity index (χ0) is 45.5. The highest BCUT2D eigenvalue weighted by molar-refractivity contribution is 7.92. The molecule has 0 bridgehead atoms. The number of alkyl halides is 7. The van der Waals surface area contributed by atoms with Crippen LogP contribution in [0.1, 0.15) is 53.1 Å². The van der Waals surface area contributed by atoms with Crippen LogP contribution in [-0.2, 0) is 40.3 Å². The number of rotatable bonds is 13. The number of hydrogen-bond donors (Lipinski definition) is 2. The first kappa shape index (κ1) is 43.4. The van der Waals surface area contributed by atoms with Crippen molar-refractivity contribution in [1.29, 1.82) is 0 Å². The average molecular weight is 931 g/mol. The van der Waals surface area contributed by atoms with Crippen molar-refractivity contribution in [1.82, 2.24) is 44.4 Å². The molecule has 0 unspecified atom stereocenters. The van der Waals surface area contributed by atoms with Gasteiger partial charge in [0.25, 0.3) is 17.9 Å². The number of amides is 1. The van der Waals surface area contributed by atoms with Gasteiger partial charge in [-0.15, -0.1) is 0 Å². The molecule has 26 heteroatoms. The van der Waals surface area contributed by atoms with Crippen LogP contribution in [0.5, 0.6) is 5.88 Å². The van der Waals surface area contributed by atoms with Crippen LogP contribution in [0.4, 0.5) is 45.3 Å². The number of halogens is 10. The lowest BCUT2D eigenvalue weighted by molar-refractivity contribution is -0.141. The summed E-state index contributed by atoms with van der Waals surface area (Å²) in [6, 6.07) is 4.69. The SMILES string of the molecule is COc1ccnc(-c2cc(=O)n(-c3ccc(Cl)c4c(NS(C)(=O)=O)nn(CC(F)(F)F)c34)c([C@H](Cc3cc(F)cc(F)c3)NC(=O)Cn3nc(C(F)F)c4c3C(F)(F)[C@@H]3C[C@H]43)n2)n1. The Kier molecular flexibility index (Phi) is 10.7. The van der Waals surface area contributed by atoms with Crippen molar-refractivity contribution < 1.29 is 57.5 Å². The van der Waals surface area contributed by atoms with Gasteiger partial charge in [0.1, 0.15) is 47.6 Å². The molecule has 8 rings (SSSR count). The molecule has 1 fully saturated rings. The molecule has 2 N–H and O–H groups in total. The van der Waals surface area contributed by atoms with Gasteiger partial charge < -0.3 is 10.1 Å². The number of fused-ring (bicyclic) bond motifs is 4. The van der Waals surface area contributed by atoms with E-state index in [1.807, 2.05) is 4.72 Å². The fourth-order valence-corrected chi connectivity index (χ4v) is 8.51. The molecular formula is C37H28ClF9N10O5S. The zero-order valence-corrected chi connectivity index (χ0v) is 33.6. The molecule has 6 aromatic rings. The third kappa shape index (κ3) is 8.37. The van der Waals surface area contributed by atoms with E-state index in [2.05, 4.69) is 30.5 Å². The summed E-state index contributed by atoms with van der Waals surface area (Å²) in [4.78, 5) is 41.4. The average Bonchev–Trinajstić information content (AvgIpc) is 3.71. The predicted molar refractivity (Wildman–Crippen MR) is 203 cm³/mol. The quantitative estimate of drug-likeness (QED) is 0.124. The summed E-state index contributed by atoms with van der Waals surface area (Å²) in [5.41, 5.74) is -5.02. The summed E-state index contributed by atoms with van der Waals surface area (Å²) in [5, 5.41) is 9.14. The summed E-state index contributed by atoms with van der Waals surface area (Å²) in [6.45, 7) is -3.01. The zero-order valence-electron chi connectivity index (χ0n) is 32.1. The van der Waals surface area contributed by atoms with Crippen molar-refractivity contribution in [2.24, 2.45) is 5.92 Å². The second-order valence-corrected chi connectivity index (χ2v) is 16.8. The van der Waals surface area contributed by atoms with Crippen LogP contribution >= 0.6 is 11.6 Å². The highest BCUT2D eigenvalue weighted by atomic mass is 35.5. The largest absolute Gasteiger partial charge is 0.481 e. The molecule has 332 valence electrons. The van der Waals surface area contributed by atoms with Gasteiger partial charge in [-0.3, -0.25) is 28.2 Å². The number of benzene rings is 2. The van der Waals surface area contributed by atoms with Crippen molar-refractivity contribution >= 4 is 44.3 Å². The number of nitrogens with zero attached hydrogens (tertiary/aromatic N) is 8.